The molecule has 0 aliphatic rings. The summed E-state index contributed by atoms with van der Waals surface area (Å²) in [5.74, 6) is -1.78. The number of allylic oxidation sites excluding steroid dienone is 2. The van der Waals surface area contributed by atoms with Crippen LogP contribution in [0.15, 0.2) is 49.8 Å². The van der Waals surface area contributed by atoms with Gasteiger partial charge in [-0.1, -0.05) is 32.9 Å². The lowest BCUT2D eigenvalue weighted by atomic mass is 10.1. The van der Waals surface area contributed by atoms with Gasteiger partial charge in [-0.3, -0.25) is 29.6 Å². The Morgan fingerprint density at radius 3 is 1.79 bits per heavy atom. The molecule has 22 nitrogen and oxygen atoms in total. The maximum atomic E-state index is 13.7. The van der Waals surface area contributed by atoms with Crippen molar-refractivity contribution in [3.05, 3.63) is 99.7 Å². The van der Waals surface area contributed by atoms with Gasteiger partial charge in [-0.15, -0.1) is 0 Å². The number of hydrogen-bond acceptors (Lipinski definition) is 17. The summed E-state index contributed by atoms with van der Waals surface area (Å²) in [4.78, 5) is 91.5. The molecule has 3 amide bonds. The lowest BCUT2D eigenvalue weighted by Gasteiger charge is -2.13. The zero-order valence-electron chi connectivity index (χ0n) is 37.3. The molecular weight excluding hydrogens is 859 g/mol. The number of nitrogens with two attached hydrogens (primary N) is 1. The van der Waals surface area contributed by atoms with Crippen molar-refractivity contribution in [1.82, 2.24) is 39.0 Å². The molecule has 4 N–H and O–H groups in total. The number of anilines is 2. The first kappa shape index (κ1) is 45.8. The number of nitrogens with one attached hydrogen (secondary N) is 2. The number of fused-ring (bicyclic) bond motifs is 2. The normalized spacial score (nSPS) is 11.4. The van der Waals surface area contributed by atoms with Gasteiger partial charge in [-0.2, -0.15) is 0 Å². The molecule has 0 atom stereocenters. The maximum absolute atomic E-state index is 13.7. The van der Waals surface area contributed by atoms with E-state index >= 15 is 0 Å². The lowest BCUT2D eigenvalue weighted by molar-refractivity contribution is 0.0446. The van der Waals surface area contributed by atoms with Crippen molar-refractivity contribution in [2.75, 3.05) is 31.0 Å². The Balaban J connectivity index is 1.20. The molecule has 0 aliphatic carbocycles. The van der Waals surface area contributed by atoms with Crippen LogP contribution < -0.4 is 21.1 Å². The second-order valence-corrected chi connectivity index (χ2v) is 14.7. The van der Waals surface area contributed by atoms with Crippen LogP contribution in [-0.2, 0) is 41.8 Å². The minimum Gasteiger partial charge on any atom is -0.491 e. The van der Waals surface area contributed by atoms with E-state index in [1.807, 2.05) is 20.8 Å². The van der Waals surface area contributed by atoms with Crippen LogP contribution in [0.1, 0.15) is 114 Å². The molecule has 7 aromatic rings. The number of amides is 3. The summed E-state index contributed by atoms with van der Waals surface area (Å²) in [5.41, 5.74) is 8.67. The highest BCUT2D eigenvalue weighted by Gasteiger charge is 2.25. The fourth-order valence-electron chi connectivity index (χ4n) is 7.06. The average Bonchev–Trinajstić information content (AvgIpc) is 4.13. The molecular formula is C44H47N11O11. The quantitative estimate of drug-likeness (QED) is 0.0503. The van der Waals surface area contributed by atoms with E-state index in [9.17, 15) is 24.0 Å². The topological polar surface area (TPSA) is 290 Å². The third kappa shape index (κ3) is 9.66. The molecule has 0 saturated carbocycles. The van der Waals surface area contributed by atoms with Gasteiger partial charge in [0.05, 0.1) is 48.5 Å². The summed E-state index contributed by atoms with van der Waals surface area (Å²) < 4.78 is 36.5. The van der Waals surface area contributed by atoms with E-state index in [2.05, 4.69) is 35.6 Å². The average molecular weight is 906 g/mol. The standard InChI is InChI=1S/C44H47N11O11/c1-8-27-34(64-22(4)47-27)39(57)52-43-50-30-18-25(37(45)56)20-32(62-16-13-17-63-42(60)36-29(10-3)49-24(6)66-36)33(30)54(43)14-11-12-15-55-38-31(19-26(21-46-38)41(59)61-7)51-44(55)53-40(58)35-28(9-2)48-23(5)65-35/h11-12,18-21H,8-10,13-17H2,1-7H3,(H2,45,56)(H,50,52,57)(H,51,53,58)/b12-11+. The van der Waals surface area contributed by atoms with Crippen LogP contribution >= 0.6 is 0 Å². The summed E-state index contributed by atoms with van der Waals surface area (Å²) in [6.45, 7) is 10.6. The number of imidazole rings is 2. The summed E-state index contributed by atoms with van der Waals surface area (Å²) in [6.07, 6.45) is 6.48. The maximum Gasteiger partial charge on any atom is 0.376 e. The first-order valence-corrected chi connectivity index (χ1v) is 21.0. The summed E-state index contributed by atoms with van der Waals surface area (Å²) >= 11 is 0. The number of nitrogens with zero attached hydrogens (tertiary/aromatic N) is 8. The van der Waals surface area contributed by atoms with E-state index in [0.29, 0.717) is 70.7 Å². The number of oxazole rings is 3. The SMILES string of the molecule is CCc1nc(C)oc1C(=O)Nc1nc2cc(C(=O)OC)cnc2n1C/C=C/Cn1c(NC(=O)c2oc(C)nc2CC)nc2cc(C(N)=O)cc(OCCCOC(=O)c3oc(C)nc3CC)c21. The number of aromatic nitrogens is 8. The molecule has 0 fully saturated rings. The summed E-state index contributed by atoms with van der Waals surface area (Å²) in [5, 5.41) is 5.63. The van der Waals surface area contributed by atoms with Gasteiger partial charge in [0.15, 0.2) is 23.3 Å². The molecule has 6 aromatic heterocycles. The van der Waals surface area contributed by atoms with E-state index < -0.39 is 29.7 Å². The number of methoxy groups -OCH3 is 1. The molecule has 22 heteroatoms. The van der Waals surface area contributed by atoms with Gasteiger partial charge in [-0.25, -0.2) is 39.5 Å². The zero-order chi connectivity index (χ0) is 47.2. The van der Waals surface area contributed by atoms with E-state index in [0.717, 1.165) is 0 Å². The molecule has 1 aromatic carbocycles. The van der Waals surface area contributed by atoms with Gasteiger partial charge in [0.2, 0.25) is 35.1 Å². The number of primary amides is 1. The molecule has 66 heavy (non-hydrogen) atoms. The Labute approximate surface area is 375 Å². The number of rotatable bonds is 19. The van der Waals surface area contributed by atoms with Gasteiger partial charge < -0.3 is 37.8 Å². The van der Waals surface area contributed by atoms with Gasteiger partial charge >= 0.3 is 11.9 Å². The largest absolute Gasteiger partial charge is 0.491 e. The fourth-order valence-corrected chi connectivity index (χ4v) is 7.06. The van der Waals surface area contributed by atoms with Crippen molar-refractivity contribution in [2.45, 2.75) is 80.3 Å². The van der Waals surface area contributed by atoms with Crippen LogP contribution in [0, 0.1) is 20.8 Å². The van der Waals surface area contributed by atoms with Crippen molar-refractivity contribution in [2.24, 2.45) is 5.73 Å². The first-order chi connectivity index (χ1) is 31.7. The lowest BCUT2D eigenvalue weighted by Crippen LogP contribution is -2.17. The Kier molecular flexibility index (Phi) is 13.7. The predicted octanol–water partition coefficient (Wildman–Crippen LogP) is 5.63. The van der Waals surface area contributed by atoms with Crippen LogP contribution in [0.25, 0.3) is 22.2 Å². The van der Waals surface area contributed by atoms with E-state index in [1.165, 1.54) is 31.5 Å². The van der Waals surface area contributed by atoms with Gasteiger partial charge in [0.25, 0.3) is 11.8 Å². The Hall–Kier alpha value is -8.17. The predicted molar refractivity (Wildman–Crippen MR) is 234 cm³/mol. The number of pyridine rings is 1. The van der Waals surface area contributed by atoms with Crippen LogP contribution in [0.4, 0.5) is 11.9 Å². The molecule has 6 heterocycles. The third-order valence-corrected chi connectivity index (χ3v) is 10.1. The van der Waals surface area contributed by atoms with E-state index in [4.69, 9.17) is 38.2 Å². The number of ether oxygens (including phenoxy) is 3. The minimum atomic E-state index is -0.748. The van der Waals surface area contributed by atoms with Crippen LogP contribution in [-0.4, -0.2) is 89.0 Å². The van der Waals surface area contributed by atoms with Crippen molar-refractivity contribution >= 4 is 63.8 Å². The van der Waals surface area contributed by atoms with E-state index in [-0.39, 0.29) is 84.3 Å². The summed E-state index contributed by atoms with van der Waals surface area (Å²) in [6, 6.07) is 4.44. The number of carbonyl (C=O) groups excluding carboxylic acids is 5. The van der Waals surface area contributed by atoms with Gasteiger partial charge in [0, 0.05) is 52.0 Å². The molecule has 0 unspecified atom stereocenters. The first-order valence-electron chi connectivity index (χ1n) is 21.0. The number of carbonyl (C=O) groups is 5. The second kappa shape index (κ2) is 19.7. The molecule has 344 valence electrons. The fraction of sp³-hybridized carbons (Fsp3) is 0.341. The van der Waals surface area contributed by atoms with E-state index in [1.54, 1.807) is 42.1 Å². The van der Waals surface area contributed by atoms with Crippen molar-refractivity contribution < 1.29 is 51.4 Å². The second-order valence-electron chi connectivity index (χ2n) is 14.7. The molecule has 0 aliphatic heterocycles. The Morgan fingerprint density at radius 2 is 1.21 bits per heavy atom. The van der Waals surface area contributed by atoms with Crippen LogP contribution in [0.2, 0.25) is 0 Å². The van der Waals surface area contributed by atoms with Crippen molar-refractivity contribution in [3.63, 3.8) is 0 Å². The highest BCUT2D eigenvalue weighted by atomic mass is 16.5. The van der Waals surface area contributed by atoms with Crippen LogP contribution in [0.5, 0.6) is 5.75 Å². The molecule has 0 spiro atoms. The molecule has 0 bridgehead atoms. The molecule has 0 saturated heterocycles. The zero-order valence-corrected chi connectivity index (χ0v) is 37.3. The highest BCUT2D eigenvalue weighted by Crippen LogP contribution is 2.32. The van der Waals surface area contributed by atoms with Crippen molar-refractivity contribution in [1.29, 1.82) is 0 Å². The minimum absolute atomic E-state index is 0.00973. The molecule has 0 radical (unpaired) electrons. The Bertz CT molecular complexity index is 3020. The highest BCUT2D eigenvalue weighted by molar-refractivity contribution is 6.05. The Morgan fingerprint density at radius 1 is 0.682 bits per heavy atom. The smallest absolute Gasteiger partial charge is 0.376 e. The number of benzene rings is 1. The number of esters is 2. The van der Waals surface area contributed by atoms with Gasteiger partial charge in [-0.05, 0) is 37.5 Å². The van der Waals surface area contributed by atoms with Gasteiger partial charge in [0.1, 0.15) is 16.8 Å². The monoisotopic (exact) mass is 905 g/mol. The summed E-state index contributed by atoms with van der Waals surface area (Å²) in [7, 11) is 1.25. The molecule has 7 rings (SSSR count). The third-order valence-electron chi connectivity index (χ3n) is 10.1. The van der Waals surface area contributed by atoms with Crippen molar-refractivity contribution in [3.8, 4) is 5.75 Å². The van der Waals surface area contributed by atoms with Crippen LogP contribution in [0.3, 0.4) is 0 Å². The number of aryl methyl sites for hydroxylation is 6. The number of hydrogen-bond donors (Lipinski definition) is 3.